The molecule has 0 saturated carbocycles. The largest absolute Gasteiger partial charge is 0.355 e. The maximum absolute atomic E-state index is 12.3. The molecule has 0 aliphatic carbocycles. The van der Waals surface area contributed by atoms with Crippen LogP contribution in [-0.4, -0.2) is 24.9 Å². The van der Waals surface area contributed by atoms with Crippen molar-refractivity contribution >= 4 is 29.1 Å². The molecule has 0 aromatic heterocycles. The van der Waals surface area contributed by atoms with Gasteiger partial charge in [0.25, 0.3) is 0 Å². The molecule has 0 unspecified atom stereocenters. The van der Waals surface area contributed by atoms with Crippen LogP contribution in [0.5, 0.6) is 0 Å². The predicted octanol–water partition coefficient (Wildman–Crippen LogP) is 3.05. The summed E-state index contributed by atoms with van der Waals surface area (Å²) in [6.45, 7) is 0.973. The number of nitrogens with zero attached hydrogens (tertiary/aromatic N) is 1. The minimum Gasteiger partial charge on any atom is -0.355 e. The summed E-state index contributed by atoms with van der Waals surface area (Å²) in [5.74, 6) is -0.420. The highest BCUT2D eigenvalue weighted by atomic mass is 35.5. The molecule has 0 bridgehead atoms. The van der Waals surface area contributed by atoms with E-state index in [1.54, 1.807) is 23.1 Å². The monoisotopic (exact) mass is 342 g/mol. The lowest BCUT2D eigenvalue weighted by atomic mass is 10.1. The molecule has 2 aromatic carbocycles. The number of carbonyl (C=O) groups excluding carboxylic acids is 2. The van der Waals surface area contributed by atoms with E-state index in [0.717, 1.165) is 12.1 Å². The van der Waals surface area contributed by atoms with Crippen molar-refractivity contribution in [1.82, 2.24) is 5.32 Å². The molecule has 2 amide bonds. The highest BCUT2D eigenvalue weighted by Crippen LogP contribution is 2.27. The zero-order valence-corrected chi connectivity index (χ0v) is 14.0. The van der Waals surface area contributed by atoms with Crippen molar-refractivity contribution in [2.45, 2.75) is 12.8 Å². The Hall–Kier alpha value is -2.33. The zero-order valence-electron chi connectivity index (χ0n) is 13.2. The molecule has 1 fully saturated rings. The number of carbonyl (C=O) groups is 2. The number of hydrogen-bond acceptors (Lipinski definition) is 2. The van der Waals surface area contributed by atoms with E-state index in [4.69, 9.17) is 11.6 Å². The lowest BCUT2D eigenvalue weighted by Gasteiger charge is -2.17. The molecular formula is C19H19ClN2O2. The summed E-state index contributed by atoms with van der Waals surface area (Å²) in [5, 5.41) is 3.51. The van der Waals surface area contributed by atoms with E-state index in [2.05, 4.69) is 5.32 Å². The molecule has 1 atom stereocenters. The highest BCUT2D eigenvalue weighted by molar-refractivity contribution is 6.30. The number of anilines is 1. The average molecular weight is 343 g/mol. The summed E-state index contributed by atoms with van der Waals surface area (Å²) in [5.41, 5.74) is 1.92. The van der Waals surface area contributed by atoms with Gasteiger partial charge >= 0.3 is 0 Å². The van der Waals surface area contributed by atoms with Gasteiger partial charge in [-0.25, -0.2) is 0 Å². The van der Waals surface area contributed by atoms with E-state index in [-0.39, 0.29) is 24.2 Å². The van der Waals surface area contributed by atoms with Crippen molar-refractivity contribution in [2.75, 3.05) is 18.0 Å². The number of amides is 2. The fourth-order valence-electron chi connectivity index (χ4n) is 2.90. The lowest BCUT2D eigenvalue weighted by molar-refractivity contribution is -0.126. The van der Waals surface area contributed by atoms with Crippen molar-refractivity contribution < 1.29 is 9.59 Å². The first-order valence-corrected chi connectivity index (χ1v) is 8.39. The van der Waals surface area contributed by atoms with Gasteiger partial charge in [-0.05, 0) is 30.2 Å². The Bertz CT molecular complexity index is 733. The molecule has 0 radical (unpaired) electrons. The van der Waals surface area contributed by atoms with E-state index < -0.39 is 0 Å². The van der Waals surface area contributed by atoms with Crippen molar-refractivity contribution in [3.63, 3.8) is 0 Å². The first-order chi connectivity index (χ1) is 11.6. The van der Waals surface area contributed by atoms with Gasteiger partial charge in [0.1, 0.15) is 0 Å². The van der Waals surface area contributed by atoms with Gasteiger partial charge in [-0.3, -0.25) is 9.59 Å². The lowest BCUT2D eigenvalue weighted by Crippen LogP contribution is -2.34. The molecule has 24 heavy (non-hydrogen) atoms. The van der Waals surface area contributed by atoms with Crippen LogP contribution >= 0.6 is 11.6 Å². The van der Waals surface area contributed by atoms with Crippen LogP contribution in [0.2, 0.25) is 5.02 Å². The fraction of sp³-hybridized carbons (Fsp3) is 0.263. The third kappa shape index (κ3) is 3.95. The number of halogens is 1. The number of benzene rings is 2. The van der Waals surface area contributed by atoms with Crippen LogP contribution < -0.4 is 10.2 Å². The van der Waals surface area contributed by atoms with Crippen LogP contribution in [0.4, 0.5) is 5.69 Å². The Morgan fingerprint density at radius 2 is 1.96 bits per heavy atom. The Balaban J connectivity index is 1.54. The van der Waals surface area contributed by atoms with Crippen LogP contribution in [-0.2, 0) is 16.0 Å². The number of hydrogen-bond donors (Lipinski definition) is 1. The Labute approximate surface area is 146 Å². The Morgan fingerprint density at radius 1 is 1.17 bits per heavy atom. The van der Waals surface area contributed by atoms with Gasteiger partial charge in [0, 0.05) is 30.2 Å². The molecule has 0 spiro atoms. The molecule has 4 nitrogen and oxygen atoms in total. The van der Waals surface area contributed by atoms with Gasteiger partial charge in [0.15, 0.2) is 0 Å². The van der Waals surface area contributed by atoms with Gasteiger partial charge < -0.3 is 10.2 Å². The van der Waals surface area contributed by atoms with Crippen molar-refractivity contribution in [3.05, 3.63) is 65.2 Å². The second kappa shape index (κ2) is 7.49. The minimum atomic E-state index is -0.313. The predicted molar refractivity (Wildman–Crippen MR) is 95.1 cm³/mol. The molecule has 1 aliphatic rings. The molecule has 1 saturated heterocycles. The Kier molecular flexibility index (Phi) is 5.16. The van der Waals surface area contributed by atoms with E-state index >= 15 is 0 Å². The molecular weight excluding hydrogens is 324 g/mol. The third-order valence-corrected chi connectivity index (χ3v) is 4.41. The van der Waals surface area contributed by atoms with Crippen LogP contribution in [0, 0.1) is 5.92 Å². The molecule has 2 aromatic rings. The fourth-order valence-corrected chi connectivity index (χ4v) is 3.08. The second-order valence-corrected chi connectivity index (χ2v) is 6.35. The number of rotatable bonds is 5. The summed E-state index contributed by atoms with van der Waals surface area (Å²) in [6, 6.07) is 17.1. The maximum Gasteiger partial charge on any atom is 0.227 e. The van der Waals surface area contributed by atoms with Crippen molar-refractivity contribution in [1.29, 1.82) is 0 Å². The summed E-state index contributed by atoms with van der Waals surface area (Å²) < 4.78 is 0. The summed E-state index contributed by atoms with van der Waals surface area (Å²) >= 11 is 5.98. The topological polar surface area (TPSA) is 49.4 Å². The van der Waals surface area contributed by atoms with Gasteiger partial charge in [-0.2, -0.15) is 0 Å². The first-order valence-electron chi connectivity index (χ1n) is 8.01. The van der Waals surface area contributed by atoms with Crippen molar-refractivity contribution in [2.24, 2.45) is 5.92 Å². The van der Waals surface area contributed by atoms with Gasteiger partial charge in [0.2, 0.25) is 11.8 Å². The van der Waals surface area contributed by atoms with Gasteiger partial charge in [0.05, 0.1) is 5.92 Å². The van der Waals surface area contributed by atoms with E-state index in [1.807, 2.05) is 36.4 Å². The van der Waals surface area contributed by atoms with Gasteiger partial charge in [-0.15, -0.1) is 0 Å². The van der Waals surface area contributed by atoms with Crippen molar-refractivity contribution in [3.8, 4) is 0 Å². The minimum absolute atomic E-state index is 0.0412. The zero-order chi connectivity index (χ0) is 16.9. The summed E-state index contributed by atoms with van der Waals surface area (Å²) in [7, 11) is 0. The first kappa shape index (κ1) is 16.5. The molecule has 3 rings (SSSR count). The standard InChI is InChI=1S/C19H19ClN2O2/c20-16-7-4-8-17(12-16)22-13-15(11-18(22)23)19(24)21-10-9-14-5-2-1-3-6-14/h1-8,12,15H,9-11,13H2,(H,21,24)/t15-/m1/s1. The van der Waals surface area contributed by atoms with Crippen LogP contribution in [0.25, 0.3) is 0 Å². The quantitative estimate of drug-likeness (QED) is 0.908. The molecule has 1 N–H and O–H groups in total. The maximum atomic E-state index is 12.3. The molecule has 124 valence electrons. The second-order valence-electron chi connectivity index (χ2n) is 5.91. The van der Waals surface area contributed by atoms with E-state index in [1.165, 1.54) is 5.56 Å². The summed E-state index contributed by atoms with van der Waals surface area (Å²) in [4.78, 5) is 26.1. The molecule has 1 heterocycles. The highest BCUT2D eigenvalue weighted by Gasteiger charge is 2.34. The third-order valence-electron chi connectivity index (χ3n) is 4.17. The molecule has 1 aliphatic heterocycles. The Morgan fingerprint density at radius 3 is 2.71 bits per heavy atom. The van der Waals surface area contributed by atoms with Gasteiger partial charge in [-0.1, -0.05) is 48.0 Å². The normalized spacial score (nSPS) is 17.1. The average Bonchev–Trinajstić information content (AvgIpc) is 2.98. The van der Waals surface area contributed by atoms with E-state index in [9.17, 15) is 9.59 Å². The SMILES string of the molecule is O=C(NCCc1ccccc1)[C@@H]1CC(=O)N(c2cccc(Cl)c2)C1. The molecule has 5 heteroatoms. The van der Waals surface area contributed by atoms with Crippen LogP contribution in [0.15, 0.2) is 54.6 Å². The summed E-state index contributed by atoms with van der Waals surface area (Å²) in [6.07, 6.45) is 1.02. The van der Waals surface area contributed by atoms with Crippen LogP contribution in [0.3, 0.4) is 0 Å². The smallest absolute Gasteiger partial charge is 0.227 e. The number of nitrogens with one attached hydrogen (secondary N) is 1. The van der Waals surface area contributed by atoms with Crippen LogP contribution in [0.1, 0.15) is 12.0 Å². The van der Waals surface area contributed by atoms with E-state index in [0.29, 0.717) is 18.1 Å².